The van der Waals surface area contributed by atoms with E-state index in [4.69, 9.17) is 18.6 Å². The number of nitrogens with one attached hydrogen (secondary N) is 2. The molecule has 34 heavy (non-hydrogen) atoms. The van der Waals surface area contributed by atoms with Crippen LogP contribution < -0.4 is 15.4 Å². The molecule has 10 nitrogen and oxygen atoms in total. The van der Waals surface area contributed by atoms with E-state index in [0.29, 0.717) is 28.1 Å². The summed E-state index contributed by atoms with van der Waals surface area (Å²) in [5, 5.41) is 5.88. The quantitative estimate of drug-likeness (QED) is 0.509. The van der Waals surface area contributed by atoms with Gasteiger partial charge in [0.2, 0.25) is 0 Å². The van der Waals surface area contributed by atoms with Crippen molar-refractivity contribution in [1.82, 2.24) is 15.6 Å². The average molecular weight is 465 g/mol. The number of ether oxygens (including phenoxy) is 3. The molecule has 1 atom stereocenters. The molecule has 0 bridgehead atoms. The number of aromatic nitrogens is 1. The number of nitrogens with zero attached hydrogens (tertiary/aromatic N) is 1. The summed E-state index contributed by atoms with van der Waals surface area (Å²) in [6, 6.07) is 8.80. The van der Waals surface area contributed by atoms with Crippen molar-refractivity contribution in [1.29, 1.82) is 0 Å². The van der Waals surface area contributed by atoms with Gasteiger partial charge in [-0.05, 0) is 50.2 Å². The Hall–Kier alpha value is -4.34. The van der Waals surface area contributed by atoms with E-state index in [1.54, 1.807) is 57.4 Å². The number of furan rings is 1. The second-order valence-corrected chi connectivity index (χ2v) is 7.42. The van der Waals surface area contributed by atoms with Gasteiger partial charge in [-0.1, -0.05) is 0 Å². The number of pyridine rings is 1. The molecule has 0 saturated carbocycles. The number of hydrogen-bond acceptors (Lipinski definition) is 8. The number of carbonyl (C=O) groups is 3. The van der Waals surface area contributed by atoms with Crippen molar-refractivity contribution in [2.24, 2.45) is 0 Å². The fourth-order valence-electron chi connectivity index (χ4n) is 3.65. The van der Waals surface area contributed by atoms with Gasteiger partial charge in [0.05, 0.1) is 48.0 Å². The molecular formula is C24H23N3O7. The van der Waals surface area contributed by atoms with Crippen molar-refractivity contribution in [2.45, 2.75) is 19.9 Å². The Balaban J connectivity index is 1.64. The lowest BCUT2D eigenvalue weighted by atomic mass is 10.0. The monoisotopic (exact) mass is 465 g/mol. The third-order valence-electron chi connectivity index (χ3n) is 5.26. The minimum atomic E-state index is -0.895. The van der Waals surface area contributed by atoms with Crippen molar-refractivity contribution in [3.63, 3.8) is 0 Å². The Kier molecular flexibility index (Phi) is 6.48. The van der Waals surface area contributed by atoms with E-state index in [1.807, 2.05) is 0 Å². The predicted molar refractivity (Wildman–Crippen MR) is 120 cm³/mol. The summed E-state index contributed by atoms with van der Waals surface area (Å²) in [6.45, 7) is 3.12. The van der Waals surface area contributed by atoms with Crippen LogP contribution in [0.4, 0.5) is 4.79 Å². The Morgan fingerprint density at radius 1 is 1.15 bits per heavy atom. The molecule has 2 aromatic heterocycles. The highest BCUT2D eigenvalue weighted by atomic mass is 16.5. The minimum absolute atomic E-state index is 0.0855. The number of urea groups is 1. The predicted octanol–water partition coefficient (Wildman–Crippen LogP) is 3.17. The van der Waals surface area contributed by atoms with Crippen LogP contribution in [0.15, 0.2) is 58.3 Å². The zero-order chi connectivity index (χ0) is 24.2. The molecule has 1 aliphatic rings. The third-order valence-corrected chi connectivity index (χ3v) is 5.26. The van der Waals surface area contributed by atoms with Gasteiger partial charge in [0.15, 0.2) is 0 Å². The molecule has 0 radical (unpaired) electrons. The van der Waals surface area contributed by atoms with Crippen LogP contribution >= 0.6 is 0 Å². The third kappa shape index (κ3) is 4.56. The van der Waals surface area contributed by atoms with E-state index in [0.717, 1.165) is 0 Å². The number of benzene rings is 1. The van der Waals surface area contributed by atoms with Crippen LogP contribution in [0.25, 0.3) is 10.9 Å². The zero-order valence-electron chi connectivity index (χ0n) is 18.8. The second-order valence-electron chi connectivity index (χ2n) is 7.42. The molecule has 176 valence electrons. The first-order valence-electron chi connectivity index (χ1n) is 10.5. The lowest BCUT2D eigenvalue weighted by Gasteiger charge is -2.27. The van der Waals surface area contributed by atoms with Crippen molar-refractivity contribution >= 4 is 28.9 Å². The maximum atomic E-state index is 12.9. The Labute approximate surface area is 194 Å². The molecule has 10 heteroatoms. The zero-order valence-corrected chi connectivity index (χ0v) is 18.8. The van der Waals surface area contributed by atoms with Gasteiger partial charge >= 0.3 is 18.0 Å². The molecule has 4 rings (SSSR count). The Morgan fingerprint density at radius 2 is 1.97 bits per heavy atom. The maximum absolute atomic E-state index is 12.9. The molecule has 0 spiro atoms. The molecule has 3 aromatic rings. The lowest BCUT2D eigenvalue weighted by Crippen LogP contribution is -2.47. The van der Waals surface area contributed by atoms with Crippen molar-refractivity contribution in [2.75, 3.05) is 20.3 Å². The molecule has 0 fully saturated rings. The summed E-state index contributed by atoms with van der Waals surface area (Å²) in [5.41, 5.74) is 1.62. The number of aryl methyl sites for hydroxylation is 1. The van der Waals surface area contributed by atoms with Gasteiger partial charge < -0.3 is 29.3 Å². The highest BCUT2D eigenvalue weighted by molar-refractivity contribution is 5.97. The van der Waals surface area contributed by atoms with Gasteiger partial charge in [0, 0.05) is 5.39 Å². The Bertz CT molecular complexity index is 1280. The number of methoxy groups -OCH3 is 1. The van der Waals surface area contributed by atoms with Crippen molar-refractivity contribution < 1.29 is 33.0 Å². The topological polar surface area (TPSA) is 129 Å². The first kappa shape index (κ1) is 22.8. The van der Waals surface area contributed by atoms with Gasteiger partial charge in [-0.3, -0.25) is 4.98 Å². The molecular weight excluding hydrogens is 442 g/mol. The van der Waals surface area contributed by atoms with E-state index in [1.165, 1.54) is 6.26 Å². The molecule has 3 heterocycles. The maximum Gasteiger partial charge on any atom is 0.340 e. The summed E-state index contributed by atoms with van der Waals surface area (Å²) >= 11 is 0. The van der Waals surface area contributed by atoms with Crippen LogP contribution in [0, 0.1) is 6.92 Å². The number of rotatable bonds is 7. The second kappa shape index (κ2) is 9.65. The Morgan fingerprint density at radius 3 is 2.68 bits per heavy atom. The highest BCUT2D eigenvalue weighted by Crippen LogP contribution is 2.28. The number of esters is 2. The SMILES string of the molecule is CCOC(=O)C1=C(COC(=O)c2cc3cc(OC)ccc3nc2C)NC(=O)NC1c1ccco1. The molecule has 2 amide bonds. The van der Waals surface area contributed by atoms with Crippen molar-refractivity contribution in [3.05, 3.63) is 70.9 Å². The van der Waals surface area contributed by atoms with Crippen LogP contribution in [0.1, 0.15) is 34.8 Å². The van der Waals surface area contributed by atoms with Gasteiger partial charge in [-0.25, -0.2) is 14.4 Å². The number of hydrogen-bond donors (Lipinski definition) is 2. The molecule has 1 aliphatic heterocycles. The van der Waals surface area contributed by atoms with E-state index >= 15 is 0 Å². The summed E-state index contributed by atoms with van der Waals surface area (Å²) in [6.07, 6.45) is 1.43. The van der Waals surface area contributed by atoms with Crippen LogP contribution in [0.3, 0.4) is 0 Å². The van der Waals surface area contributed by atoms with Crippen LogP contribution in [0.2, 0.25) is 0 Å². The number of fused-ring (bicyclic) bond motifs is 1. The van der Waals surface area contributed by atoms with Gasteiger partial charge in [-0.15, -0.1) is 0 Å². The minimum Gasteiger partial charge on any atom is -0.497 e. The standard InChI is InChI=1S/C24H23N3O7/c1-4-32-23(29)20-18(26-24(30)27-21(20)19-6-5-9-33-19)12-34-22(28)16-11-14-10-15(31-3)7-8-17(14)25-13(16)2/h5-11,21H,4,12H2,1-3H3,(H2,26,27,30). The number of carbonyl (C=O) groups excluding carboxylic acids is 3. The highest BCUT2D eigenvalue weighted by Gasteiger charge is 2.35. The van der Waals surface area contributed by atoms with Crippen molar-refractivity contribution in [3.8, 4) is 5.75 Å². The largest absolute Gasteiger partial charge is 0.497 e. The fraction of sp³-hybridized carbons (Fsp3) is 0.250. The molecule has 1 aromatic carbocycles. The molecule has 2 N–H and O–H groups in total. The molecule has 0 aliphatic carbocycles. The first-order valence-corrected chi connectivity index (χ1v) is 10.5. The lowest BCUT2D eigenvalue weighted by molar-refractivity contribution is -0.139. The van der Waals surface area contributed by atoms with Crippen LogP contribution in [0.5, 0.6) is 5.75 Å². The van der Waals surface area contributed by atoms with E-state index in [9.17, 15) is 14.4 Å². The summed E-state index contributed by atoms with van der Waals surface area (Å²) in [4.78, 5) is 42.4. The van der Waals surface area contributed by atoms with E-state index in [-0.39, 0.29) is 30.0 Å². The van der Waals surface area contributed by atoms with E-state index in [2.05, 4.69) is 15.6 Å². The van der Waals surface area contributed by atoms with Gasteiger partial charge in [0.1, 0.15) is 24.2 Å². The first-order chi connectivity index (χ1) is 16.4. The van der Waals surface area contributed by atoms with Crippen LogP contribution in [-0.4, -0.2) is 43.3 Å². The van der Waals surface area contributed by atoms with Crippen LogP contribution in [-0.2, 0) is 14.3 Å². The number of amides is 2. The molecule has 0 saturated heterocycles. The normalized spacial score (nSPS) is 15.5. The molecule has 1 unspecified atom stereocenters. The smallest absolute Gasteiger partial charge is 0.340 e. The summed E-state index contributed by atoms with van der Waals surface area (Å²) < 4.78 is 21.3. The fourth-order valence-corrected chi connectivity index (χ4v) is 3.65. The van der Waals surface area contributed by atoms with Gasteiger partial charge in [-0.2, -0.15) is 0 Å². The average Bonchev–Trinajstić information content (AvgIpc) is 3.36. The van der Waals surface area contributed by atoms with Gasteiger partial charge in [0.25, 0.3) is 0 Å². The summed E-state index contributed by atoms with van der Waals surface area (Å²) in [5.74, 6) is -0.362. The van der Waals surface area contributed by atoms with E-state index < -0.39 is 24.0 Å². The summed E-state index contributed by atoms with van der Waals surface area (Å²) in [7, 11) is 1.55.